The second-order valence-electron chi connectivity index (χ2n) is 8.10. The number of primary amides is 2. The predicted molar refractivity (Wildman–Crippen MR) is 134 cm³/mol. The van der Waals surface area contributed by atoms with Gasteiger partial charge in [-0.1, -0.05) is 25.0 Å². The zero-order valence-corrected chi connectivity index (χ0v) is 19.4. The van der Waals surface area contributed by atoms with Crippen LogP contribution in [-0.4, -0.2) is 48.5 Å². The number of rotatable bonds is 15. The van der Waals surface area contributed by atoms with Crippen molar-refractivity contribution < 1.29 is 19.8 Å². The summed E-state index contributed by atoms with van der Waals surface area (Å²) in [7, 11) is 0. The van der Waals surface area contributed by atoms with Gasteiger partial charge in [0, 0.05) is 0 Å². The van der Waals surface area contributed by atoms with Gasteiger partial charge < -0.3 is 42.9 Å². The number of unbranched alkanes of at least 4 members (excludes halogenated alkanes) is 3. The summed E-state index contributed by atoms with van der Waals surface area (Å²) in [6, 6.07) is 8.82. The quantitative estimate of drug-likeness (QED) is 0.146. The number of aromatic hydroxyl groups is 2. The predicted octanol–water partition coefficient (Wildman–Crippen LogP) is 2.60. The van der Waals surface area contributed by atoms with E-state index < -0.39 is 12.1 Å². The molecule has 0 aliphatic heterocycles. The number of nitrogens with one attached hydrogen (secondary N) is 4. The maximum Gasteiger partial charge on any atom is 0.316 e. The van der Waals surface area contributed by atoms with Crippen LogP contribution in [0.25, 0.3) is 0 Å². The van der Waals surface area contributed by atoms with Crippen LogP contribution < -0.4 is 32.7 Å². The molecule has 0 bridgehead atoms. The number of urea groups is 2. The molecule has 0 atom stereocenters. The van der Waals surface area contributed by atoms with Crippen molar-refractivity contribution in [2.45, 2.75) is 38.5 Å². The van der Waals surface area contributed by atoms with Crippen LogP contribution in [0.3, 0.4) is 0 Å². The lowest BCUT2D eigenvalue weighted by molar-refractivity contribution is 0.258. The molecule has 0 unspecified atom stereocenters. The minimum atomic E-state index is -0.702. The van der Waals surface area contributed by atoms with E-state index in [4.69, 9.17) is 11.5 Å². The third-order valence-corrected chi connectivity index (χ3v) is 5.28. The summed E-state index contributed by atoms with van der Waals surface area (Å²) in [5.74, 6) is -0.00557. The summed E-state index contributed by atoms with van der Waals surface area (Å²) in [5.41, 5.74) is 12.9. The van der Waals surface area contributed by atoms with Gasteiger partial charge in [0.15, 0.2) is 0 Å². The summed E-state index contributed by atoms with van der Waals surface area (Å²) >= 11 is 0. The first-order chi connectivity index (χ1) is 16.3. The Hall–Kier alpha value is -3.50. The molecule has 0 aliphatic rings. The first kappa shape index (κ1) is 26.7. The van der Waals surface area contributed by atoms with Gasteiger partial charge in [0.1, 0.15) is 11.5 Å². The van der Waals surface area contributed by atoms with Gasteiger partial charge in [-0.05, 0) is 87.3 Å². The van der Waals surface area contributed by atoms with Crippen LogP contribution in [0.2, 0.25) is 0 Å². The minimum absolute atomic E-state index is 0.00278. The average Bonchev–Trinajstić information content (AvgIpc) is 2.78. The van der Waals surface area contributed by atoms with E-state index in [0.29, 0.717) is 11.4 Å². The van der Waals surface area contributed by atoms with Crippen LogP contribution in [0.5, 0.6) is 11.5 Å². The lowest BCUT2D eigenvalue weighted by Crippen LogP contribution is -2.20. The second-order valence-corrected chi connectivity index (χ2v) is 8.10. The number of amides is 4. The molecule has 0 fully saturated rings. The summed E-state index contributed by atoms with van der Waals surface area (Å²) < 4.78 is 0. The number of nitrogens with two attached hydrogens (primary N) is 2. The summed E-state index contributed by atoms with van der Waals surface area (Å²) in [5, 5.41) is 31.1. The molecule has 10 N–H and O–H groups in total. The zero-order chi connectivity index (χ0) is 24.8. The Kier molecular flexibility index (Phi) is 11.5. The Morgan fingerprint density at radius 1 is 0.647 bits per heavy atom. The Morgan fingerprint density at radius 3 is 1.44 bits per heavy atom. The topological polar surface area (TPSA) is 175 Å². The third-order valence-electron chi connectivity index (χ3n) is 5.28. The second kappa shape index (κ2) is 14.6. The SMILES string of the molecule is NC(=O)Nc1cc(CCNCCCCCCNCCc2ccc(O)c(NC(N)=O)c2)ccc1O. The molecule has 2 aromatic rings. The smallest absolute Gasteiger partial charge is 0.316 e. The molecule has 2 rings (SSSR count). The molecule has 0 saturated heterocycles. The van der Waals surface area contributed by atoms with E-state index >= 15 is 0 Å². The van der Waals surface area contributed by atoms with Crippen LogP contribution in [0.15, 0.2) is 36.4 Å². The molecule has 10 heteroatoms. The van der Waals surface area contributed by atoms with E-state index in [2.05, 4.69) is 21.3 Å². The van der Waals surface area contributed by atoms with E-state index in [1.165, 1.54) is 0 Å². The van der Waals surface area contributed by atoms with Gasteiger partial charge in [-0.3, -0.25) is 0 Å². The molecule has 186 valence electrons. The zero-order valence-electron chi connectivity index (χ0n) is 19.4. The van der Waals surface area contributed by atoms with E-state index in [0.717, 1.165) is 75.8 Å². The normalized spacial score (nSPS) is 10.7. The largest absolute Gasteiger partial charge is 0.506 e. The van der Waals surface area contributed by atoms with Crippen molar-refractivity contribution in [1.29, 1.82) is 0 Å². The fraction of sp³-hybridized carbons (Fsp3) is 0.417. The van der Waals surface area contributed by atoms with Crippen LogP contribution >= 0.6 is 0 Å². The maximum atomic E-state index is 11.0. The Labute approximate surface area is 200 Å². The number of hydrogen-bond acceptors (Lipinski definition) is 6. The first-order valence-electron chi connectivity index (χ1n) is 11.5. The van der Waals surface area contributed by atoms with Gasteiger partial charge in [0.25, 0.3) is 0 Å². The van der Waals surface area contributed by atoms with E-state index in [9.17, 15) is 19.8 Å². The minimum Gasteiger partial charge on any atom is -0.506 e. The molecule has 0 aromatic heterocycles. The number of carbonyl (C=O) groups excluding carboxylic acids is 2. The molecule has 0 aliphatic carbocycles. The van der Waals surface area contributed by atoms with Gasteiger partial charge in [-0.15, -0.1) is 0 Å². The molecule has 34 heavy (non-hydrogen) atoms. The van der Waals surface area contributed by atoms with Gasteiger partial charge >= 0.3 is 12.1 Å². The molecule has 2 aromatic carbocycles. The van der Waals surface area contributed by atoms with Crippen molar-refractivity contribution >= 4 is 23.4 Å². The van der Waals surface area contributed by atoms with E-state index in [-0.39, 0.29) is 11.5 Å². The molecular formula is C24H36N6O4. The van der Waals surface area contributed by atoms with Gasteiger partial charge in [-0.2, -0.15) is 0 Å². The third kappa shape index (κ3) is 10.4. The van der Waals surface area contributed by atoms with Crippen LogP contribution in [0.1, 0.15) is 36.8 Å². The van der Waals surface area contributed by atoms with Crippen LogP contribution in [0.4, 0.5) is 21.0 Å². The van der Waals surface area contributed by atoms with Crippen molar-refractivity contribution in [3.8, 4) is 11.5 Å². The maximum absolute atomic E-state index is 11.0. The van der Waals surface area contributed by atoms with Gasteiger partial charge in [-0.25, -0.2) is 9.59 Å². The standard InChI is InChI=1S/C24H36N6O4/c25-23(33)29-19-15-17(5-7-21(19)31)9-13-27-11-3-1-2-4-12-28-14-10-18-6-8-22(32)20(16-18)30-24(26)34/h5-8,15-16,27-28,31-32H,1-4,9-14H2,(H3,25,29,33)(H3,26,30,34). The summed E-state index contributed by atoms with van der Waals surface area (Å²) in [4.78, 5) is 21.9. The molecule has 0 spiro atoms. The lowest BCUT2D eigenvalue weighted by atomic mass is 10.1. The molecule has 0 saturated carbocycles. The molecule has 10 nitrogen and oxygen atoms in total. The van der Waals surface area contributed by atoms with Crippen molar-refractivity contribution in [3.05, 3.63) is 47.5 Å². The number of hydrogen-bond donors (Lipinski definition) is 8. The van der Waals surface area contributed by atoms with Gasteiger partial charge in [0.05, 0.1) is 11.4 Å². The Morgan fingerprint density at radius 2 is 1.06 bits per heavy atom. The number of phenols is 2. The highest BCUT2D eigenvalue weighted by atomic mass is 16.3. The fourth-order valence-corrected chi connectivity index (χ4v) is 3.51. The fourth-order valence-electron chi connectivity index (χ4n) is 3.51. The monoisotopic (exact) mass is 472 g/mol. The molecule has 0 radical (unpaired) electrons. The average molecular weight is 473 g/mol. The van der Waals surface area contributed by atoms with Crippen LogP contribution in [-0.2, 0) is 12.8 Å². The Bertz CT molecular complexity index is 862. The summed E-state index contributed by atoms with van der Waals surface area (Å²) in [6.45, 7) is 3.52. The van der Waals surface area contributed by atoms with E-state index in [1.807, 2.05) is 12.1 Å². The van der Waals surface area contributed by atoms with Crippen molar-refractivity contribution in [1.82, 2.24) is 10.6 Å². The highest BCUT2D eigenvalue weighted by Gasteiger charge is 2.06. The van der Waals surface area contributed by atoms with Gasteiger partial charge in [0.2, 0.25) is 0 Å². The molecular weight excluding hydrogens is 436 g/mol. The lowest BCUT2D eigenvalue weighted by Gasteiger charge is -2.09. The van der Waals surface area contributed by atoms with Crippen LogP contribution in [0, 0.1) is 0 Å². The number of carbonyl (C=O) groups is 2. The Balaban J connectivity index is 1.48. The number of phenolic OH excluding ortho intramolecular Hbond substituents is 2. The van der Waals surface area contributed by atoms with E-state index in [1.54, 1.807) is 24.3 Å². The number of anilines is 2. The highest BCUT2D eigenvalue weighted by Crippen LogP contribution is 2.25. The highest BCUT2D eigenvalue weighted by molar-refractivity contribution is 5.90. The number of benzene rings is 2. The van der Waals surface area contributed by atoms with Crippen molar-refractivity contribution in [2.24, 2.45) is 11.5 Å². The molecule has 4 amide bonds. The van der Waals surface area contributed by atoms with Crippen molar-refractivity contribution in [3.63, 3.8) is 0 Å². The first-order valence-corrected chi connectivity index (χ1v) is 11.5. The van der Waals surface area contributed by atoms with Crippen molar-refractivity contribution in [2.75, 3.05) is 36.8 Å². The molecule has 0 heterocycles. The summed E-state index contributed by atoms with van der Waals surface area (Å²) in [6.07, 6.45) is 6.10.